The minimum absolute atomic E-state index is 0.0825. The van der Waals surface area contributed by atoms with Crippen LogP contribution in [0.4, 0.5) is 0 Å². The zero-order chi connectivity index (χ0) is 53.6. The lowest BCUT2D eigenvalue weighted by molar-refractivity contribution is -0.167. The lowest BCUT2D eigenvalue weighted by Crippen LogP contribution is -2.30. The molecule has 0 rings (SSSR count). The molecule has 1 unspecified atom stereocenters. The van der Waals surface area contributed by atoms with E-state index in [-0.39, 0.29) is 31.1 Å². The Morgan fingerprint density at radius 3 is 0.851 bits per heavy atom. The van der Waals surface area contributed by atoms with Crippen molar-refractivity contribution >= 4 is 17.9 Å². The summed E-state index contributed by atoms with van der Waals surface area (Å²) < 4.78 is 16.9. The highest BCUT2D eigenvalue weighted by molar-refractivity contribution is 5.71. The Kier molecular flexibility index (Phi) is 60.7. The van der Waals surface area contributed by atoms with Gasteiger partial charge in [-0.2, -0.15) is 0 Å². The van der Waals surface area contributed by atoms with Crippen LogP contribution in [-0.2, 0) is 28.6 Å². The van der Waals surface area contributed by atoms with Gasteiger partial charge in [0.15, 0.2) is 6.10 Å². The summed E-state index contributed by atoms with van der Waals surface area (Å²) in [5, 5.41) is 0. The minimum Gasteiger partial charge on any atom is -0.462 e. The summed E-state index contributed by atoms with van der Waals surface area (Å²) in [6, 6.07) is 0. The predicted molar refractivity (Wildman–Crippen MR) is 321 cm³/mol. The van der Waals surface area contributed by atoms with Crippen molar-refractivity contribution in [1.29, 1.82) is 0 Å². The van der Waals surface area contributed by atoms with E-state index in [1.54, 1.807) is 0 Å². The van der Waals surface area contributed by atoms with Gasteiger partial charge in [0.1, 0.15) is 13.2 Å². The number of hydrogen-bond acceptors (Lipinski definition) is 6. The molecule has 0 aliphatic heterocycles. The Bertz CT molecular complexity index is 1280. The fourth-order valence-electron chi connectivity index (χ4n) is 9.69. The number of carbonyl (C=O) groups excluding carboxylic acids is 3. The SMILES string of the molecule is CC/C=C\C/C=C\C/C=C\CCCCCC(=O)OCC(COC(=O)CCCCCCCCCCCCCCCCCCCCCCCCCCCCC)OC(=O)CCCCCCC/C=C\CCCCCCCCC. The zero-order valence-corrected chi connectivity index (χ0v) is 49.6. The molecule has 0 N–H and O–H groups in total. The van der Waals surface area contributed by atoms with Gasteiger partial charge < -0.3 is 14.2 Å². The molecule has 74 heavy (non-hydrogen) atoms. The van der Waals surface area contributed by atoms with E-state index >= 15 is 0 Å². The predicted octanol–water partition coefficient (Wildman–Crippen LogP) is 22.2. The Labute approximate surface area is 460 Å². The van der Waals surface area contributed by atoms with Gasteiger partial charge >= 0.3 is 17.9 Å². The molecule has 0 aromatic rings. The first-order valence-corrected chi connectivity index (χ1v) is 32.6. The molecule has 0 heterocycles. The van der Waals surface area contributed by atoms with Gasteiger partial charge in [-0.25, -0.2) is 0 Å². The molecular weight excluding hydrogens is 913 g/mol. The van der Waals surface area contributed by atoms with E-state index in [1.807, 2.05) is 0 Å². The summed E-state index contributed by atoms with van der Waals surface area (Å²) in [7, 11) is 0. The van der Waals surface area contributed by atoms with Gasteiger partial charge in [-0.05, 0) is 77.0 Å². The number of esters is 3. The van der Waals surface area contributed by atoms with E-state index in [2.05, 4.69) is 69.4 Å². The van der Waals surface area contributed by atoms with Gasteiger partial charge in [-0.3, -0.25) is 14.4 Å². The van der Waals surface area contributed by atoms with E-state index < -0.39 is 6.10 Å². The van der Waals surface area contributed by atoms with Crippen molar-refractivity contribution < 1.29 is 28.6 Å². The van der Waals surface area contributed by atoms with Crippen molar-refractivity contribution in [3.63, 3.8) is 0 Å². The van der Waals surface area contributed by atoms with Crippen LogP contribution in [0.1, 0.15) is 348 Å². The van der Waals surface area contributed by atoms with Crippen LogP contribution in [-0.4, -0.2) is 37.2 Å². The maximum absolute atomic E-state index is 12.9. The molecule has 432 valence electrons. The molecule has 1 atom stereocenters. The maximum atomic E-state index is 12.9. The van der Waals surface area contributed by atoms with Crippen LogP contribution in [0.15, 0.2) is 48.6 Å². The number of rotatable bonds is 60. The highest BCUT2D eigenvalue weighted by atomic mass is 16.6. The molecular formula is C68H124O6. The second kappa shape index (κ2) is 62.9. The molecule has 0 aliphatic carbocycles. The fourth-order valence-corrected chi connectivity index (χ4v) is 9.69. The van der Waals surface area contributed by atoms with Crippen molar-refractivity contribution in [2.45, 2.75) is 354 Å². The number of hydrogen-bond donors (Lipinski definition) is 0. The van der Waals surface area contributed by atoms with E-state index in [9.17, 15) is 14.4 Å². The largest absolute Gasteiger partial charge is 0.462 e. The Morgan fingerprint density at radius 2 is 0.527 bits per heavy atom. The standard InChI is InChI=1S/C68H124O6/c1-4-7-10-13-16-19-22-25-27-29-30-31-32-33-34-35-36-37-38-39-41-43-46-49-52-55-58-61-67(70)73-64-65(63-72-66(69)60-57-54-51-48-45-42-24-21-18-15-12-9-6-3)74-68(71)62-59-56-53-50-47-44-40-28-26-23-20-17-14-11-8-5-2/h9,12,18,21,28,40,42,45,65H,4-8,10-11,13-17,19-20,22-27,29-39,41,43-44,46-64H2,1-3H3/b12-9-,21-18-,40-28-,45-42-. The van der Waals surface area contributed by atoms with Crippen molar-refractivity contribution in [2.75, 3.05) is 13.2 Å². The molecule has 0 saturated heterocycles. The smallest absolute Gasteiger partial charge is 0.306 e. The number of unbranched alkanes of at least 4 members (excludes halogenated alkanes) is 41. The first-order valence-electron chi connectivity index (χ1n) is 32.6. The van der Waals surface area contributed by atoms with E-state index in [0.29, 0.717) is 19.3 Å². The molecule has 0 amide bonds. The van der Waals surface area contributed by atoms with Gasteiger partial charge in [0.05, 0.1) is 0 Å². The summed E-state index contributed by atoms with van der Waals surface area (Å²) >= 11 is 0. The van der Waals surface area contributed by atoms with Crippen LogP contribution < -0.4 is 0 Å². The second-order valence-corrected chi connectivity index (χ2v) is 22.0. The van der Waals surface area contributed by atoms with Gasteiger partial charge in [0.25, 0.3) is 0 Å². The van der Waals surface area contributed by atoms with Crippen molar-refractivity contribution in [1.82, 2.24) is 0 Å². The van der Waals surface area contributed by atoms with Gasteiger partial charge in [-0.15, -0.1) is 0 Å². The van der Waals surface area contributed by atoms with E-state index in [4.69, 9.17) is 14.2 Å². The highest BCUT2D eigenvalue weighted by Gasteiger charge is 2.19. The summed E-state index contributed by atoms with van der Waals surface area (Å²) in [6.07, 6.45) is 78.6. The normalized spacial score (nSPS) is 12.3. The molecule has 0 radical (unpaired) electrons. The Balaban J connectivity index is 4.21. The molecule has 0 aromatic heterocycles. The first-order chi connectivity index (χ1) is 36.5. The van der Waals surface area contributed by atoms with Crippen LogP contribution >= 0.6 is 0 Å². The highest BCUT2D eigenvalue weighted by Crippen LogP contribution is 2.18. The quantitative estimate of drug-likeness (QED) is 0.0261. The monoisotopic (exact) mass is 1040 g/mol. The maximum Gasteiger partial charge on any atom is 0.306 e. The average Bonchev–Trinajstić information content (AvgIpc) is 3.40. The fraction of sp³-hybridized carbons (Fsp3) is 0.838. The lowest BCUT2D eigenvalue weighted by atomic mass is 10.0. The first kappa shape index (κ1) is 71.4. The minimum atomic E-state index is -0.788. The molecule has 0 spiro atoms. The topological polar surface area (TPSA) is 78.9 Å². The van der Waals surface area contributed by atoms with Crippen LogP contribution in [0.25, 0.3) is 0 Å². The van der Waals surface area contributed by atoms with Crippen LogP contribution in [0.2, 0.25) is 0 Å². The Morgan fingerprint density at radius 1 is 0.284 bits per heavy atom. The van der Waals surface area contributed by atoms with Gasteiger partial charge in [0.2, 0.25) is 0 Å². The van der Waals surface area contributed by atoms with Crippen LogP contribution in [0.5, 0.6) is 0 Å². The zero-order valence-electron chi connectivity index (χ0n) is 49.6. The molecule has 0 saturated carbocycles. The van der Waals surface area contributed by atoms with Crippen molar-refractivity contribution in [3.8, 4) is 0 Å². The van der Waals surface area contributed by atoms with Crippen LogP contribution in [0.3, 0.4) is 0 Å². The van der Waals surface area contributed by atoms with Gasteiger partial charge in [0, 0.05) is 19.3 Å². The lowest BCUT2D eigenvalue weighted by Gasteiger charge is -2.18. The molecule has 6 nitrogen and oxygen atoms in total. The molecule has 0 bridgehead atoms. The third kappa shape index (κ3) is 60.2. The van der Waals surface area contributed by atoms with E-state index in [1.165, 1.54) is 212 Å². The summed E-state index contributed by atoms with van der Waals surface area (Å²) in [4.78, 5) is 38.2. The summed E-state index contributed by atoms with van der Waals surface area (Å²) in [5.41, 5.74) is 0. The third-order valence-electron chi connectivity index (χ3n) is 14.6. The summed E-state index contributed by atoms with van der Waals surface area (Å²) in [5.74, 6) is -0.903. The van der Waals surface area contributed by atoms with Crippen LogP contribution in [0, 0.1) is 0 Å². The Hall–Kier alpha value is -2.63. The summed E-state index contributed by atoms with van der Waals surface area (Å²) in [6.45, 7) is 6.54. The number of allylic oxidation sites excluding steroid dienone is 8. The molecule has 0 aromatic carbocycles. The average molecular weight is 1040 g/mol. The number of carbonyl (C=O) groups is 3. The second-order valence-electron chi connectivity index (χ2n) is 22.0. The number of ether oxygens (including phenoxy) is 3. The molecule has 6 heteroatoms. The molecule has 0 fully saturated rings. The third-order valence-corrected chi connectivity index (χ3v) is 14.6. The van der Waals surface area contributed by atoms with Gasteiger partial charge in [-0.1, -0.05) is 301 Å². The van der Waals surface area contributed by atoms with Crippen molar-refractivity contribution in [2.24, 2.45) is 0 Å². The molecule has 0 aliphatic rings. The van der Waals surface area contributed by atoms with E-state index in [0.717, 1.165) is 96.3 Å². The van der Waals surface area contributed by atoms with Crippen molar-refractivity contribution in [3.05, 3.63) is 48.6 Å².